The lowest BCUT2D eigenvalue weighted by Gasteiger charge is -2.10. The summed E-state index contributed by atoms with van der Waals surface area (Å²) in [7, 11) is 1.87. The molecule has 0 aliphatic rings. The fraction of sp³-hybridized carbons (Fsp3) is 0.300. The third-order valence-corrected chi connectivity index (χ3v) is 2.26. The number of aromatic nitrogens is 4. The third-order valence-electron chi connectivity index (χ3n) is 2.26. The van der Waals surface area contributed by atoms with Crippen LogP contribution in [-0.2, 0) is 7.05 Å². The van der Waals surface area contributed by atoms with Gasteiger partial charge in [0.2, 0.25) is 0 Å². The van der Waals surface area contributed by atoms with E-state index in [0.29, 0.717) is 0 Å². The molecule has 0 spiro atoms. The fourth-order valence-electron chi connectivity index (χ4n) is 1.54. The topological polar surface area (TPSA) is 69.6 Å². The molecule has 1 atom stereocenters. The van der Waals surface area contributed by atoms with Gasteiger partial charge in [-0.25, -0.2) is 0 Å². The summed E-state index contributed by atoms with van der Waals surface area (Å²) < 4.78 is 1.77. The van der Waals surface area contributed by atoms with Crippen molar-refractivity contribution in [3.63, 3.8) is 0 Å². The minimum atomic E-state index is -0.273. The SMILES string of the molecule is Cc1cc(C(N)c2cnccn2)n(C)n1. The molecule has 0 saturated carbocycles. The zero-order valence-corrected chi connectivity index (χ0v) is 8.75. The van der Waals surface area contributed by atoms with E-state index in [-0.39, 0.29) is 6.04 Å². The van der Waals surface area contributed by atoms with Crippen LogP contribution in [0, 0.1) is 6.92 Å². The number of nitrogens with two attached hydrogens (primary N) is 1. The van der Waals surface area contributed by atoms with Gasteiger partial charge in [0, 0.05) is 19.4 Å². The van der Waals surface area contributed by atoms with Crippen LogP contribution in [0.25, 0.3) is 0 Å². The van der Waals surface area contributed by atoms with Gasteiger partial charge >= 0.3 is 0 Å². The quantitative estimate of drug-likeness (QED) is 0.774. The highest BCUT2D eigenvalue weighted by Gasteiger charge is 2.14. The predicted molar refractivity (Wildman–Crippen MR) is 56.0 cm³/mol. The van der Waals surface area contributed by atoms with Gasteiger partial charge in [-0.1, -0.05) is 0 Å². The molecule has 5 heteroatoms. The molecule has 0 aliphatic heterocycles. The van der Waals surface area contributed by atoms with Crippen molar-refractivity contribution in [1.29, 1.82) is 0 Å². The average molecular weight is 203 g/mol. The molecule has 2 rings (SSSR count). The summed E-state index contributed by atoms with van der Waals surface area (Å²) in [6.45, 7) is 1.94. The lowest BCUT2D eigenvalue weighted by molar-refractivity contribution is 0.658. The first kappa shape index (κ1) is 9.79. The van der Waals surface area contributed by atoms with Crippen molar-refractivity contribution in [3.8, 4) is 0 Å². The van der Waals surface area contributed by atoms with Crippen LogP contribution >= 0.6 is 0 Å². The standard InChI is InChI=1S/C10H13N5/c1-7-5-9(15(2)14-7)10(11)8-6-12-3-4-13-8/h3-6,10H,11H2,1-2H3. The maximum absolute atomic E-state index is 6.07. The van der Waals surface area contributed by atoms with Crippen molar-refractivity contribution < 1.29 is 0 Å². The Labute approximate surface area is 88.0 Å². The molecule has 0 saturated heterocycles. The molecule has 0 aromatic carbocycles. The molecule has 5 nitrogen and oxygen atoms in total. The highest BCUT2D eigenvalue weighted by atomic mass is 15.3. The molecule has 1 unspecified atom stereocenters. The minimum Gasteiger partial charge on any atom is -0.318 e. The van der Waals surface area contributed by atoms with E-state index in [1.807, 2.05) is 20.0 Å². The van der Waals surface area contributed by atoms with Crippen molar-refractivity contribution in [2.24, 2.45) is 12.8 Å². The van der Waals surface area contributed by atoms with Gasteiger partial charge in [0.05, 0.1) is 29.3 Å². The lowest BCUT2D eigenvalue weighted by Crippen LogP contribution is -2.17. The number of hydrogen-bond acceptors (Lipinski definition) is 4. The van der Waals surface area contributed by atoms with E-state index in [1.54, 1.807) is 23.3 Å². The Morgan fingerprint density at radius 2 is 2.20 bits per heavy atom. The minimum absolute atomic E-state index is 0.273. The fourth-order valence-corrected chi connectivity index (χ4v) is 1.54. The molecule has 0 fully saturated rings. The van der Waals surface area contributed by atoms with Crippen LogP contribution in [0.4, 0.5) is 0 Å². The Kier molecular flexibility index (Phi) is 2.47. The van der Waals surface area contributed by atoms with Crippen molar-refractivity contribution in [2.75, 3.05) is 0 Å². The molecule has 2 aromatic heterocycles. The molecule has 2 heterocycles. The van der Waals surface area contributed by atoms with Crippen molar-refractivity contribution in [1.82, 2.24) is 19.7 Å². The summed E-state index contributed by atoms with van der Waals surface area (Å²) in [6.07, 6.45) is 4.94. The Morgan fingerprint density at radius 1 is 1.40 bits per heavy atom. The normalized spacial score (nSPS) is 12.7. The molecule has 2 N–H and O–H groups in total. The third kappa shape index (κ3) is 1.87. The second-order valence-electron chi connectivity index (χ2n) is 3.44. The number of rotatable bonds is 2. The van der Waals surface area contributed by atoms with E-state index >= 15 is 0 Å². The van der Waals surface area contributed by atoms with Crippen molar-refractivity contribution >= 4 is 0 Å². The smallest absolute Gasteiger partial charge is 0.0912 e. The van der Waals surface area contributed by atoms with Crippen LogP contribution in [0.3, 0.4) is 0 Å². The molecular weight excluding hydrogens is 190 g/mol. The Hall–Kier alpha value is -1.75. The van der Waals surface area contributed by atoms with Crippen LogP contribution in [0.1, 0.15) is 23.1 Å². The van der Waals surface area contributed by atoms with E-state index in [2.05, 4.69) is 15.1 Å². The predicted octanol–water partition coefficient (Wildman–Crippen LogP) is 0.567. The van der Waals surface area contributed by atoms with E-state index in [1.165, 1.54) is 0 Å². The second kappa shape index (κ2) is 3.78. The van der Waals surface area contributed by atoms with Crippen LogP contribution in [0.2, 0.25) is 0 Å². The van der Waals surface area contributed by atoms with Crippen LogP contribution in [0.5, 0.6) is 0 Å². The summed E-state index contributed by atoms with van der Waals surface area (Å²) in [5.41, 5.74) is 8.71. The lowest BCUT2D eigenvalue weighted by atomic mass is 10.1. The van der Waals surface area contributed by atoms with Gasteiger partial charge in [0.25, 0.3) is 0 Å². The molecule has 15 heavy (non-hydrogen) atoms. The Balaban J connectivity index is 2.36. The van der Waals surface area contributed by atoms with Gasteiger partial charge in [-0.15, -0.1) is 0 Å². The van der Waals surface area contributed by atoms with Gasteiger partial charge in [-0.3, -0.25) is 14.6 Å². The average Bonchev–Trinajstić information content (AvgIpc) is 2.58. The van der Waals surface area contributed by atoms with E-state index in [0.717, 1.165) is 17.1 Å². The first-order valence-corrected chi connectivity index (χ1v) is 4.70. The molecule has 2 aromatic rings. The van der Waals surface area contributed by atoms with Crippen LogP contribution in [-0.4, -0.2) is 19.7 Å². The largest absolute Gasteiger partial charge is 0.318 e. The molecule has 0 amide bonds. The number of aryl methyl sites for hydroxylation is 2. The van der Waals surface area contributed by atoms with Gasteiger partial charge in [-0.2, -0.15) is 5.10 Å². The number of hydrogen-bond donors (Lipinski definition) is 1. The van der Waals surface area contributed by atoms with Gasteiger partial charge in [0.1, 0.15) is 0 Å². The van der Waals surface area contributed by atoms with Crippen molar-refractivity contribution in [2.45, 2.75) is 13.0 Å². The molecule has 78 valence electrons. The van der Waals surface area contributed by atoms with Gasteiger partial charge in [0.15, 0.2) is 0 Å². The number of nitrogens with zero attached hydrogens (tertiary/aromatic N) is 4. The highest BCUT2D eigenvalue weighted by Crippen LogP contribution is 2.16. The van der Waals surface area contributed by atoms with Crippen LogP contribution in [0.15, 0.2) is 24.7 Å². The Morgan fingerprint density at radius 3 is 2.73 bits per heavy atom. The van der Waals surface area contributed by atoms with Gasteiger partial charge < -0.3 is 5.73 Å². The maximum atomic E-state index is 6.07. The molecular formula is C10H13N5. The van der Waals surface area contributed by atoms with Crippen molar-refractivity contribution in [3.05, 3.63) is 41.7 Å². The summed E-state index contributed by atoms with van der Waals surface area (Å²) in [5, 5.41) is 4.25. The monoisotopic (exact) mass is 203 g/mol. The molecule has 0 bridgehead atoms. The molecule has 0 radical (unpaired) electrons. The first-order chi connectivity index (χ1) is 7.18. The Bertz CT molecular complexity index is 448. The van der Waals surface area contributed by atoms with Crippen LogP contribution < -0.4 is 5.73 Å². The maximum Gasteiger partial charge on any atom is 0.0912 e. The van der Waals surface area contributed by atoms with Gasteiger partial charge in [-0.05, 0) is 13.0 Å². The zero-order chi connectivity index (χ0) is 10.8. The van der Waals surface area contributed by atoms with E-state index in [4.69, 9.17) is 5.73 Å². The van der Waals surface area contributed by atoms with E-state index in [9.17, 15) is 0 Å². The second-order valence-corrected chi connectivity index (χ2v) is 3.44. The van der Waals surface area contributed by atoms with E-state index < -0.39 is 0 Å². The zero-order valence-electron chi connectivity index (χ0n) is 8.75. The highest BCUT2D eigenvalue weighted by molar-refractivity contribution is 5.21. The summed E-state index contributed by atoms with van der Waals surface area (Å²) in [4.78, 5) is 8.17. The summed E-state index contributed by atoms with van der Waals surface area (Å²) >= 11 is 0. The molecule has 0 aliphatic carbocycles. The first-order valence-electron chi connectivity index (χ1n) is 4.70. The summed E-state index contributed by atoms with van der Waals surface area (Å²) in [6, 6.07) is 1.68. The summed E-state index contributed by atoms with van der Waals surface area (Å²) in [5.74, 6) is 0.